The lowest BCUT2D eigenvalue weighted by Gasteiger charge is -2.36. The molecule has 1 atom stereocenters. The third kappa shape index (κ3) is 4.17. The van der Waals surface area contributed by atoms with Gasteiger partial charge in [0.25, 0.3) is 0 Å². The largest absolute Gasteiger partial charge is 0.292 e. The van der Waals surface area contributed by atoms with Gasteiger partial charge in [0.05, 0.1) is 0 Å². The summed E-state index contributed by atoms with van der Waals surface area (Å²) in [6.45, 7) is 2.17. The second-order valence-corrected chi connectivity index (χ2v) is 7.84. The maximum absolute atomic E-state index is 4.73. The number of benzene rings is 2. The Balaban J connectivity index is 1.60. The molecule has 1 aliphatic rings. The van der Waals surface area contributed by atoms with Crippen molar-refractivity contribution in [2.45, 2.75) is 41.8 Å². The van der Waals surface area contributed by atoms with Crippen LogP contribution < -0.4 is 0 Å². The lowest BCUT2D eigenvalue weighted by molar-refractivity contribution is 0.138. The Morgan fingerprint density at radius 3 is 2.46 bits per heavy atom. The van der Waals surface area contributed by atoms with Crippen molar-refractivity contribution in [2.24, 2.45) is 0 Å². The highest BCUT2D eigenvalue weighted by Crippen LogP contribution is 2.38. The molecule has 4 rings (SSSR count). The van der Waals surface area contributed by atoms with Crippen molar-refractivity contribution in [2.75, 3.05) is 6.54 Å². The molecule has 3 aromatic rings. The predicted octanol–water partition coefficient (Wildman–Crippen LogP) is 5.96. The third-order valence-electron chi connectivity index (χ3n) is 4.96. The summed E-state index contributed by atoms with van der Waals surface area (Å²) < 4.78 is 0. The highest BCUT2D eigenvalue weighted by Gasteiger charge is 2.26. The molecule has 0 bridgehead atoms. The zero-order valence-electron chi connectivity index (χ0n) is 14.9. The maximum atomic E-state index is 4.73. The fraction of sp³-hybridized carbons (Fsp3) is 0.261. The van der Waals surface area contributed by atoms with Crippen molar-refractivity contribution in [3.63, 3.8) is 0 Å². The van der Waals surface area contributed by atoms with Crippen LogP contribution in [0.2, 0.25) is 0 Å². The van der Waals surface area contributed by atoms with Crippen LogP contribution in [0.25, 0.3) is 0 Å². The number of rotatable bonds is 5. The molecule has 0 saturated carbocycles. The summed E-state index contributed by atoms with van der Waals surface area (Å²) in [5, 5.41) is 1.14. The van der Waals surface area contributed by atoms with Gasteiger partial charge in [-0.1, -0.05) is 72.8 Å². The first kappa shape index (κ1) is 17.3. The Hall–Kier alpha value is -2.10. The fourth-order valence-corrected chi connectivity index (χ4v) is 4.64. The summed E-state index contributed by atoms with van der Waals surface area (Å²) >= 11 is 1.78. The summed E-state index contributed by atoms with van der Waals surface area (Å²) in [7, 11) is 0. The van der Waals surface area contributed by atoms with Crippen LogP contribution in [0.3, 0.4) is 0 Å². The van der Waals surface area contributed by atoms with Crippen molar-refractivity contribution in [3.8, 4) is 0 Å². The normalized spacial score (nSPS) is 17.9. The monoisotopic (exact) mass is 360 g/mol. The van der Waals surface area contributed by atoms with Crippen LogP contribution >= 0.6 is 11.8 Å². The van der Waals surface area contributed by atoms with Gasteiger partial charge in [0.1, 0.15) is 5.03 Å². The molecule has 2 nitrogen and oxygen atoms in total. The molecular formula is C23H24N2S. The van der Waals surface area contributed by atoms with Gasteiger partial charge < -0.3 is 0 Å². The van der Waals surface area contributed by atoms with Gasteiger partial charge in [-0.15, -0.1) is 0 Å². The van der Waals surface area contributed by atoms with Crippen molar-refractivity contribution in [1.29, 1.82) is 0 Å². The highest BCUT2D eigenvalue weighted by atomic mass is 32.2. The summed E-state index contributed by atoms with van der Waals surface area (Å²) in [5.41, 5.74) is 2.76. The molecule has 132 valence electrons. The van der Waals surface area contributed by atoms with E-state index in [9.17, 15) is 0 Å². The van der Waals surface area contributed by atoms with E-state index >= 15 is 0 Å². The van der Waals surface area contributed by atoms with Crippen LogP contribution in [0.15, 0.2) is 88.9 Å². The minimum Gasteiger partial charge on any atom is -0.292 e. The molecule has 0 amide bonds. The summed E-state index contributed by atoms with van der Waals surface area (Å²) in [6.07, 6.45) is 5.70. The topological polar surface area (TPSA) is 16.1 Å². The Morgan fingerprint density at radius 1 is 0.885 bits per heavy atom. The Morgan fingerprint density at radius 2 is 1.65 bits per heavy atom. The second-order valence-electron chi connectivity index (χ2n) is 6.78. The standard InChI is InChI=1S/C23H24N2S/c1-3-10-19(11-4-1)18-25-17-8-7-15-22(25)21-14-9-16-24-23(21)26-20-12-5-2-6-13-20/h1-6,9-14,16,22H,7-8,15,17-18H2/t22-/m1/s1. The number of hydrogen-bond donors (Lipinski definition) is 0. The Labute approximate surface area is 160 Å². The Kier molecular flexibility index (Phi) is 5.68. The average Bonchev–Trinajstić information content (AvgIpc) is 2.71. The minimum absolute atomic E-state index is 0.448. The van der Waals surface area contributed by atoms with Crippen molar-refractivity contribution >= 4 is 11.8 Å². The van der Waals surface area contributed by atoms with Gasteiger partial charge in [-0.25, -0.2) is 4.98 Å². The Bertz CT molecular complexity index is 820. The molecule has 0 radical (unpaired) electrons. The molecule has 2 aromatic carbocycles. The molecule has 0 unspecified atom stereocenters. The molecule has 1 fully saturated rings. The van der Waals surface area contributed by atoms with Gasteiger partial charge in [0.15, 0.2) is 0 Å². The van der Waals surface area contributed by atoms with Crippen LogP contribution in [-0.2, 0) is 6.54 Å². The van der Waals surface area contributed by atoms with Crippen LogP contribution in [0, 0.1) is 0 Å². The van der Waals surface area contributed by atoms with Gasteiger partial charge in [0, 0.05) is 29.2 Å². The molecule has 3 heteroatoms. The molecule has 0 spiro atoms. The first-order valence-electron chi connectivity index (χ1n) is 9.36. The highest BCUT2D eigenvalue weighted by molar-refractivity contribution is 7.99. The molecule has 0 N–H and O–H groups in total. The third-order valence-corrected chi connectivity index (χ3v) is 6.00. The number of nitrogens with zero attached hydrogens (tertiary/aromatic N) is 2. The molecule has 2 heterocycles. The van der Waals surface area contributed by atoms with Gasteiger partial charge in [-0.05, 0) is 43.1 Å². The number of hydrogen-bond acceptors (Lipinski definition) is 3. The quantitative estimate of drug-likeness (QED) is 0.558. The van der Waals surface area contributed by atoms with Crippen molar-refractivity contribution in [3.05, 3.63) is 90.1 Å². The van der Waals surface area contributed by atoms with E-state index in [4.69, 9.17) is 4.98 Å². The van der Waals surface area contributed by atoms with E-state index in [1.54, 1.807) is 11.8 Å². The van der Waals surface area contributed by atoms with Gasteiger partial charge in [-0.3, -0.25) is 4.90 Å². The molecule has 1 saturated heterocycles. The van der Waals surface area contributed by atoms with E-state index in [1.165, 1.54) is 35.3 Å². The van der Waals surface area contributed by atoms with E-state index in [0.717, 1.165) is 18.1 Å². The molecule has 0 aliphatic carbocycles. The zero-order valence-corrected chi connectivity index (χ0v) is 15.7. The van der Waals surface area contributed by atoms with Gasteiger partial charge in [0.2, 0.25) is 0 Å². The molecule has 26 heavy (non-hydrogen) atoms. The zero-order chi connectivity index (χ0) is 17.6. The summed E-state index contributed by atoms with van der Waals surface area (Å²) in [4.78, 5) is 8.60. The van der Waals surface area contributed by atoms with Gasteiger partial charge >= 0.3 is 0 Å². The first-order chi connectivity index (χ1) is 12.9. The number of likely N-dealkylation sites (tertiary alicyclic amines) is 1. The molecule has 1 aromatic heterocycles. The number of pyridine rings is 1. The second kappa shape index (κ2) is 8.52. The van der Waals surface area contributed by atoms with Crippen LogP contribution in [0.4, 0.5) is 0 Å². The summed E-state index contributed by atoms with van der Waals surface area (Å²) in [5.74, 6) is 0. The smallest absolute Gasteiger partial charge is 0.105 e. The van der Waals surface area contributed by atoms with Crippen LogP contribution in [0.5, 0.6) is 0 Å². The maximum Gasteiger partial charge on any atom is 0.105 e. The first-order valence-corrected chi connectivity index (χ1v) is 10.2. The SMILES string of the molecule is c1ccc(CN2CCCC[C@@H]2c2cccnc2Sc2ccccc2)cc1. The fourth-order valence-electron chi connectivity index (χ4n) is 3.69. The lowest BCUT2D eigenvalue weighted by Crippen LogP contribution is -2.33. The van der Waals surface area contributed by atoms with Crippen LogP contribution in [0.1, 0.15) is 36.4 Å². The van der Waals surface area contributed by atoms with E-state index < -0.39 is 0 Å². The van der Waals surface area contributed by atoms with E-state index in [2.05, 4.69) is 77.7 Å². The van der Waals surface area contributed by atoms with Crippen molar-refractivity contribution in [1.82, 2.24) is 9.88 Å². The average molecular weight is 361 g/mol. The van der Waals surface area contributed by atoms with Crippen LogP contribution in [-0.4, -0.2) is 16.4 Å². The molecular weight excluding hydrogens is 336 g/mol. The van der Waals surface area contributed by atoms with E-state index in [-0.39, 0.29) is 0 Å². The number of piperidine rings is 1. The minimum atomic E-state index is 0.448. The van der Waals surface area contributed by atoms with Gasteiger partial charge in [-0.2, -0.15) is 0 Å². The molecule has 1 aliphatic heterocycles. The number of aromatic nitrogens is 1. The van der Waals surface area contributed by atoms with Crippen molar-refractivity contribution < 1.29 is 0 Å². The van der Waals surface area contributed by atoms with E-state index in [1.807, 2.05) is 6.20 Å². The predicted molar refractivity (Wildman–Crippen MR) is 108 cm³/mol. The van der Waals surface area contributed by atoms with E-state index in [0.29, 0.717) is 6.04 Å². The lowest BCUT2D eigenvalue weighted by atomic mass is 9.95. The summed E-state index contributed by atoms with van der Waals surface area (Å²) in [6, 6.07) is 26.2.